The average molecular weight is 443 g/mol. The highest BCUT2D eigenvalue weighted by molar-refractivity contribution is 7.93. The van der Waals surface area contributed by atoms with Gasteiger partial charge in [0.25, 0.3) is 10.0 Å². The number of hydrogen-bond acceptors (Lipinski definition) is 6. The van der Waals surface area contributed by atoms with Gasteiger partial charge in [-0.3, -0.25) is 19.7 Å². The first kappa shape index (κ1) is 19.8. The molecule has 0 aliphatic rings. The van der Waals surface area contributed by atoms with Gasteiger partial charge in [-0.1, -0.05) is 18.2 Å². The first-order valence-electron chi connectivity index (χ1n) is 9.83. The summed E-state index contributed by atoms with van der Waals surface area (Å²) in [5.41, 5.74) is 2.56. The van der Waals surface area contributed by atoms with E-state index in [1.54, 1.807) is 61.3 Å². The number of rotatable bonds is 6. The van der Waals surface area contributed by atoms with Gasteiger partial charge in [0.05, 0.1) is 24.0 Å². The normalized spacial score (nSPS) is 11.5. The molecule has 0 aliphatic heterocycles. The number of nitrogens with one attached hydrogen (secondary N) is 1. The van der Waals surface area contributed by atoms with Crippen molar-refractivity contribution in [2.75, 3.05) is 4.72 Å². The first-order valence-corrected chi connectivity index (χ1v) is 11.3. The first-order chi connectivity index (χ1) is 15.6. The maximum Gasteiger partial charge on any atom is 0.264 e. The summed E-state index contributed by atoms with van der Waals surface area (Å²) >= 11 is 0. The second-order valence-corrected chi connectivity index (χ2v) is 8.74. The number of imidazole rings is 1. The molecule has 2 aromatic carbocycles. The molecule has 0 atom stereocenters. The van der Waals surface area contributed by atoms with Crippen molar-refractivity contribution in [3.63, 3.8) is 0 Å². The SMILES string of the molecule is O=S(=O)(Nc1ccc(-c2nccn2Cc2cnccn2)cc1)c1cccc2cccnc12. The zero-order chi connectivity index (χ0) is 22.0. The van der Waals surface area contributed by atoms with Crippen LogP contribution in [0.25, 0.3) is 22.3 Å². The Hall–Kier alpha value is -4.11. The third kappa shape index (κ3) is 3.93. The van der Waals surface area contributed by atoms with Gasteiger partial charge in [0.1, 0.15) is 10.7 Å². The lowest BCUT2D eigenvalue weighted by Crippen LogP contribution is -2.13. The Morgan fingerprint density at radius 1 is 0.844 bits per heavy atom. The standard InChI is InChI=1S/C23H18N6O2S/c30-32(31,21-5-1-3-17-4-2-10-26-22(17)21)28-19-8-6-18(7-9-19)23-27-13-14-29(23)16-20-15-24-11-12-25-20/h1-15,28H,16H2. The molecule has 0 spiro atoms. The molecular formula is C23H18N6O2S. The number of fused-ring (bicyclic) bond motifs is 1. The average Bonchev–Trinajstić information content (AvgIpc) is 3.27. The molecule has 3 heterocycles. The Labute approximate surface area is 184 Å². The van der Waals surface area contributed by atoms with Crippen LogP contribution in [0.2, 0.25) is 0 Å². The Bertz CT molecular complexity index is 1480. The molecule has 158 valence electrons. The molecule has 5 aromatic rings. The van der Waals surface area contributed by atoms with Crippen LogP contribution < -0.4 is 4.72 Å². The highest BCUT2D eigenvalue weighted by Crippen LogP contribution is 2.25. The van der Waals surface area contributed by atoms with E-state index in [9.17, 15) is 8.42 Å². The van der Waals surface area contributed by atoms with E-state index in [0.29, 0.717) is 17.7 Å². The zero-order valence-electron chi connectivity index (χ0n) is 16.8. The Morgan fingerprint density at radius 2 is 1.69 bits per heavy atom. The van der Waals surface area contributed by atoms with Crippen LogP contribution in [-0.2, 0) is 16.6 Å². The van der Waals surface area contributed by atoms with E-state index < -0.39 is 10.0 Å². The lowest BCUT2D eigenvalue weighted by molar-refractivity contribution is 0.602. The highest BCUT2D eigenvalue weighted by Gasteiger charge is 2.18. The lowest BCUT2D eigenvalue weighted by Gasteiger charge is -2.11. The van der Waals surface area contributed by atoms with E-state index in [0.717, 1.165) is 22.5 Å². The summed E-state index contributed by atoms with van der Waals surface area (Å²) in [5.74, 6) is 0.753. The van der Waals surface area contributed by atoms with Crippen molar-refractivity contribution in [2.24, 2.45) is 0 Å². The van der Waals surface area contributed by atoms with Crippen molar-refractivity contribution in [1.82, 2.24) is 24.5 Å². The van der Waals surface area contributed by atoms with E-state index in [4.69, 9.17) is 0 Å². The van der Waals surface area contributed by atoms with E-state index in [1.165, 1.54) is 0 Å². The number of hydrogen-bond donors (Lipinski definition) is 1. The Balaban J connectivity index is 1.40. The molecule has 0 amide bonds. The van der Waals surface area contributed by atoms with Crippen LogP contribution >= 0.6 is 0 Å². The number of anilines is 1. The van der Waals surface area contributed by atoms with E-state index in [2.05, 4.69) is 24.7 Å². The molecule has 32 heavy (non-hydrogen) atoms. The van der Waals surface area contributed by atoms with Crippen molar-refractivity contribution in [1.29, 1.82) is 0 Å². The quantitative estimate of drug-likeness (QED) is 0.430. The van der Waals surface area contributed by atoms with Crippen LogP contribution in [0.15, 0.2) is 96.7 Å². The number of aromatic nitrogens is 5. The van der Waals surface area contributed by atoms with Crippen molar-refractivity contribution < 1.29 is 8.42 Å². The minimum absolute atomic E-state index is 0.138. The van der Waals surface area contributed by atoms with Gasteiger partial charge in [0.2, 0.25) is 0 Å². The van der Waals surface area contributed by atoms with E-state index in [1.807, 2.05) is 35.0 Å². The van der Waals surface area contributed by atoms with Gasteiger partial charge in [0, 0.05) is 47.6 Å². The molecule has 0 saturated carbocycles. The van der Waals surface area contributed by atoms with Crippen molar-refractivity contribution >= 4 is 26.6 Å². The largest absolute Gasteiger partial charge is 0.325 e. The van der Waals surface area contributed by atoms with Crippen molar-refractivity contribution in [3.8, 4) is 11.4 Å². The van der Waals surface area contributed by atoms with Gasteiger partial charge in [-0.25, -0.2) is 13.4 Å². The van der Waals surface area contributed by atoms with Crippen LogP contribution in [0.3, 0.4) is 0 Å². The third-order valence-electron chi connectivity index (χ3n) is 4.95. The van der Waals surface area contributed by atoms with Crippen LogP contribution in [0.4, 0.5) is 5.69 Å². The number of benzene rings is 2. The molecule has 0 saturated heterocycles. The minimum atomic E-state index is -3.80. The Morgan fingerprint density at radius 3 is 2.50 bits per heavy atom. The maximum absolute atomic E-state index is 13.0. The molecule has 3 aromatic heterocycles. The fraction of sp³-hybridized carbons (Fsp3) is 0.0435. The van der Waals surface area contributed by atoms with Crippen molar-refractivity contribution in [2.45, 2.75) is 11.4 Å². The van der Waals surface area contributed by atoms with Crippen LogP contribution in [-0.4, -0.2) is 32.9 Å². The van der Waals surface area contributed by atoms with Crippen molar-refractivity contribution in [3.05, 3.63) is 97.5 Å². The lowest BCUT2D eigenvalue weighted by atomic mass is 10.2. The predicted molar refractivity (Wildman–Crippen MR) is 121 cm³/mol. The second kappa shape index (κ2) is 8.20. The van der Waals surface area contributed by atoms with Crippen LogP contribution in [0, 0.1) is 0 Å². The fourth-order valence-corrected chi connectivity index (χ4v) is 4.71. The predicted octanol–water partition coefficient (Wildman–Crippen LogP) is 3.74. The summed E-state index contributed by atoms with van der Waals surface area (Å²) in [7, 11) is -3.80. The summed E-state index contributed by atoms with van der Waals surface area (Å²) in [6.07, 6.45) is 10.2. The molecule has 0 bridgehead atoms. The highest BCUT2D eigenvalue weighted by atomic mass is 32.2. The molecule has 8 nitrogen and oxygen atoms in total. The molecule has 0 fully saturated rings. The molecule has 0 radical (unpaired) electrons. The summed E-state index contributed by atoms with van der Waals surface area (Å²) in [6.45, 7) is 0.533. The number of para-hydroxylation sites is 1. The number of nitrogens with zero attached hydrogens (tertiary/aromatic N) is 5. The smallest absolute Gasteiger partial charge is 0.264 e. The van der Waals surface area contributed by atoms with E-state index >= 15 is 0 Å². The number of sulfonamides is 1. The zero-order valence-corrected chi connectivity index (χ0v) is 17.6. The summed E-state index contributed by atoms with van der Waals surface area (Å²) < 4.78 is 30.6. The van der Waals surface area contributed by atoms with Gasteiger partial charge in [0.15, 0.2) is 0 Å². The fourth-order valence-electron chi connectivity index (χ4n) is 3.47. The summed E-state index contributed by atoms with van der Waals surface area (Å²) in [6, 6.07) is 15.8. The summed E-state index contributed by atoms with van der Waals surface area (Å²) in [4.78, 5) is 17.2. The van der Waals surface area contributed by atoms with E-state index in [-0.39, 0.29) is 4.90 Å². The molecular weight excluding hydrogens is 424 g/mol. The molecule has 0 unspecified atom stereocenters. The summed E-state index contributed by atoms with van der Waals surface area (Å²) in [5, 5.41) is 0.765. The number of pyridine rings is 1. The van der Waals surface area contributed by atoms with Crippen LogP contribution in [0.5, 0.6) is 0 Å². The monoisotopic (exact) mass is 442 g/mol. The molecule has 9 heteroatoms. The minimum Gasteiger partial charge on any atom is -0.325 e. The van der Waals surface area contributed by atoms with Crippen LogP contribution in [0.1, 0.15) is 5.69 Å². The molecule has 5 rings (SSSR count). The van der Waals surface area contributed by atoms with Gasteiger partial charge >= 0.3 is 0 Å². The second-order valence-electron chi connectivity index (χ2n) is 7.09. The van der Waals surface area contributed by atoms with Gasteiger partial charge in [-0.05, 0) is 36.4 Å². The van der Waals surface area contributed by atoms with Gasteiger partial charge in [-0.2, -0.15) is 0 Å². The molecule has 0 aliphatic carbocycles. The molecule has 1 N–H and O–H groups in total. The van der Waals surface area contributed by atoms with Gasteiger partial charge < -0.3 is 4.57 Å². The maximum atomic E-state index is 13.0. The Kier molecular flexibility index (Phi) is 5.08. The third-order valence-corrected chi connectivity index (χ3v) is 6.36. The van der Waals surface area contributed by atoms with Gasteiger partial charge in [-0.15, -0.1) is 0 Å². The topological polar surface area (TPSA) is 103 Å².